The third-order valence-electron chi connectivity index (χ3n) is 3.21. The molecule has 2 nitrogen and oxygen atoms in total. The summed E-state index contributed by atoms with van der Waals surface area (Å²) in [6.45, 7) is 4.98. The summed E-state index contributed by atoms with van der Waals surface area (Å²) in [7, 11) is 0. The lowest BCUT2D eigenvalue weighted by molar-refractivity contribution is 0.533. The topological polar surface area (TPSA) is 15.3 Å². The standard InChI is InChI=1S/C10H14N2S/c1-2-10(13-3-1)12-6-8-4-11-5-9(8)7-12/h1-3,8-9,11H,4-7H2/t8-,9+. The Morgan fingerprint density at radius 2 is 2.08 bits per heavy atom. The van der Waals surface area contributed by atoms with Crippen LogP contribution >= 0.6 is 11.3 Å². The first-order chi connectivity index (χ1) is 6.43. The van der Waals surface area contributed by atoms with Crippen molar-refractivity contribution in [2.24, 2.45) is 11.8 Å². The summed E-state index contributed by atoms with van der Waals surface area (Å²) in [6, 6.07) is 4.38. The van der Waals surface area contributed by atoms with E-state index in [-0.39, 0.29) is 0 Å². The molecule has 0 spiro atoms. The molecule has 3 heterocycles. The zero-order chi connectivity index (χ0) is 8.67. The fourth-order valence-corrected chi connectivity index (χ4v) is 3.24. The average molecular weight is 194 g/mol. The molecule has 1 aromatic rings. The Labute approximate surface area is 82.6 Å². The second-order valence-electron chi connectivity index (χ2n) is 4.03. The van der Waals surface area contributed by atoms with Gasteiger partial charge in [-0.2, -0.15) is 0 Å². The molecule has 3 heteroatoms. The van der Waals surface area contributed by atoms with Crippen molar-refractivity contribution in [1.82, 2.24) is 5.32 Å². The maximum Gasteiger partial charge on any atom is 0.0908 e. The minimum absolute atomic E-state index is 0.905. The van der Waals surface area contributed by atoms with E-state index in [1.54, 1.807) is 0 Å². The lowest BCUT2D eigenvalue weighted by atomic mass is 10.0. The summed E-state index contributed by atoms with van der Waals surface area (Å²) in [4.78, 5) is 2.54. The van der Waals surface area contributed by atoms with Crippen LogP contribution in [0.4, 0.5) is 5.00 Å². The van der Waals surface area contributed by atoms with E-state index in [0.717, 1.165) is 11.8 Å². The smallest absolute Gasteiger partial charge is 0.0908 e. The zero-order valence-corrected chi connectivity index (χ0v) is 8.39. The van der Waals surface area contributed by atoms with Gasteiger partial charge in [0.25, 0.3) is 0 Å². The highest BCUT2D eigenvalue weighted by atomic mass is 32.1. The predicted octanol–water partition coefficient (Wildman–Crippen LogP) is 1.40. The largest absolute Gasteiger partial charge is 0.363 e. The summed E-state index contributed by atoms with van der Waals surface area (Å²) in [5.41, 5.74) is 0. The van der Waals surface area contributed by atoms with Crippen molar-refractivity contribution in [3.8, 4) is 0 Å². The fraction of sp³-hybridized carbons (Fsp3) is 0.600. The summed E-state index contributed by atoms with van der Waals surface area (Å²) in [5, 5.41) is 7.09. The molecule has 1 aromatic heterocycles. The molecule has 0 radical (unpaired) electrons. The number of hydrogen-bond donors (Lipinski definition) is 1. The molecule has 70 valence electrons. The van der Waals surface area contributed by atoms with Gasteiger partial charge < -0.3 is 10.2 Å². The summed E-state index contributed by atoms with van der Waals surface area (Å²) >= 11 is 1.86. The van der Waals surface area contributed by atoms with Crippen LogP contribution in [0.15, 0.2) is 17.5 Å². The van der Waals surface area contributed by atoms with Crippen LogP contribution in [0, 0.1) is 11.8 Å². The third kappa shape index (κ3) is 1.27. The number of hydrogen-bond acceptors (Lipinski definition) is 3. The highest BCUT2D eigenvalue weighted by molar-refractivity contribution is 7.14. The van der Waals surface area contributed by atoms with Gasteiger partial charge in [-0.1, -0.05) is 0 Å². The predicted molar refractivity (Wildman–Crippen MR) is 56.4 cm³/mol. The maximum absolute atomic E-state index is 3.47. The summed E-state index contributed by atoms with van der Waals surface area (Å²) < 4.78 is 0. The number of rotatable bonds is 1. The van der Waals surface area contributed by atoms with E-state index in [9.17, 15) is 0 Å². The van der Waals surface area contributed by atoms with Crippen molar-refractivity contribution in [1.29, 1.82) is 0 Å². The number of thiophene rings is 1. The van der Waals surface area contributed by atoms with Crippen molar-refractivity contribution in [3.63, 3.8) is 0 Å². The van der Waals surface area contributed by atoms with Crippen molar-refractivity contribution in [2.45, 2.75) is 0 Å². The van der Waals surface area contributed by atoms with E-state index in [1.807, 2.05) is 11.3 Å². The van der Waals surface area contributed by atoms with Crippen molar-refractivity contribution in [3.05, 3.63) is 17.5 Å². The highest BCUT2D eigenvalue weighted by Gasteiger charge is 2.36. The van der Waals surface area contributed by atoms with Crippen LogP contribution in [0.1, 0.15) is 0 Å². The molecule has 2 aliphatic heterocycles. The Kier molecular flexibility index (Phi) is 1.80. The second-order valence-corrected chi connectivity index (χ2v) is 4.96. The van der Waals surface area contributed by atoms with Gasteiger partial charge in [0.2, 0.25) is 0 Å². The molecule has 13 heavy (non-hydrogen) atoms. The van der Waals surface area contributed by atoms with Crippen LogP contribution in [0.3, 0.4) is 0 Å². The summed E-state index contributed by atoms with van der Waals surface area (Å²) in [5.74, 6) is 1.81. The molecular formula is C10H14N2S. The van der Waals surface area contributed by atoms with E-state index in [1.165, 1.54) is 31.2 Å². The molecule has 1 N–H and O–H groups in total. The molecule has 0 aromatic carbocycles. The Balaban J connectivity index is 1.76. The lowest BCUT2D eigenvalue weighted by Crippen LogP contribution is -2.24. The third-order valence-corrected chi connectivity index (χ3v) is 4.14. The van der Waals surface area contributed by atoms with Crippen LogP contribution in [0.2, 0.25) is 0 Å². The molecule has 2 atom stereocenters. The van der Waals surface area contributed by atoms with E-state index < -0.39 is 0 Å². The van der Waals surface area contributed by atoms with Gasteiger partial charge in [0.1, 0.15) is 0 Å². The number of fused-ring (bicyclic) bond motifs is 1. The Morgan fingerprint density at radius 1 is 1.31 bits per heavy atom. The van der Waals surface area contributed by atoms with Crippen LogP contribution in [-0.4, -0.2) is 26.2 Å². The fourth-order valence-electron chi connectivity index (χ4n) is 2.49. The molecule has 2 saturated heterocycles. The maximum atomic E-state index is 3.47. The van der Waals surface area contributed by atoms with E-state index in [0.29, 0.717) is 0 Å². The minimum atomic E-state index is 0.905. The van der Waals surface area contributed by atoms with Gasteiger partial charge in [0.15, 0.2) is 0 Å². The van der Waals surface area contributed by atoms with Crippen molar-refractivity contribution < 1.29 is 0 Å². The van der Waals surface area contributed by atoms with Gasteiger partial charge in [0, 0.05) is 26.2 Å². The number of nitrogens with one attached hydrogen (secondary N) is 1. The lowest BCUT2D eigenvalue weighted by Gasteiger charge is -2.16. The Bertz CT molecular complexity index is 271. The van der Waals surface area contributed by atoms with Gasteiger partial charge in [-0.15, -0.1) is 11.3 Å². The molecular weight excluding hydrogens is 180 g/mol. The zero-order valence-electron chi connectivity index (χ0n) is 7.57. The number of anilines is 1. The summed E-state index contributed by atoms with van der Waals surface area (Å²) in [6.07, 6.45) is 0. The molecule has 0 unspecified atom stereocenters. The van der Waals surface area contributed by atoms with Gasteiger partial charge in [0.05, 0.1) is 5.00 Å². The SMILES string of the molecule is c1csc(N2C[C@H]3CNC[C@H]3C2)c1. The minimum Gasteiger partial charge on any atom is -0.363 e. The average Bonchev–Trinajstić information content (AvgIpc) is 2.78. The molecule has 3 rings (SSSR count). The quantitative estimate of drug-likeness (QED) is 0.727. The first-order valence-corrected chi connectivity index (χ1v) is 5.80. The molecule has 0 amide bonds. The molecule has 0 saturated carbocycles. The monoisotopic (exact) mass is 194 g/mol. The van der Waals surface area contributed by atoms with Gasteiger partial charge in [-0.3, -0.25) is 0 Å². The Morgan fingerprint density at radius 3 is 2.69 bits per heavy atom. The van der Waals surface area contributed by atoms with E-state index in [4.69, 9.17) is 0 Å². The number of nitrogens with zero attached hydrogens (tertiary/aromatic N) is 1. The molecule has 2 aliphatic rings. The van der Waals surface area contributed by atoms with Crippen LogP contribution in [0.5, 0.6) is 0 Å². The van der Waals surface area contributed by atoms with E-state index >= 15 is 0 Å². The van der Waals surface area contributed by atoms with Crippen molar-refractivity contribution >= 4 is 16.3 Å². The van der Waals surface area contributed by atoms with Crippen LogP contribution < -0.4 is 10.2 Å². The molecule has 2 fully saturated rings. The normalized spacial score (nSPS) is 32.5. The van der Waals surface area contributed by atoms with E-state index in [2.05, 4.69) is 27.7 Å². The molecule has 0 bridgehead atoms. The van der Waals surface area contributed by atoms with Gasteiger partial charge in [-0.25, -0.2) is 0 Å². The van der Waals surface area contributed by atoms with Crippen molar-refractivity contribution in [2.75, 3.05) is 31.1 Å². The highest BCUT2D eigenvalue weighted by Crippen LogP contribution is 2.32. The van der Waals surface area contributed by atoms with Gasteiger partial charge >= 0.3 is 0 Å². The van der Waals surface area contributed by atoms with Crippen LogP contribution in [0.25, 0.3) is 0 Å². The first-order valence-electron chi connectivity index (χ1n) is 4.92. The first kappa shape index (κ1) is 7.83. The second kappa shape index (κ2) is 3.00. The van der Waals surface area contributed by atoms with Gasteiger partial charge in [-0.05, 0) is 29.3 Å². The Hall–Kier alpha value is -0.540. The molecule has 0 aliphatic carbocycles. The van der Waals surface area contributed by atoms with Crippen LogP contribution in [-0.2, 0) is 0 Å².